The number of hydrogen-bond donors (Lipinski definition) is 1. The van der Waals surface area contributed by atoms with E-state index in [0.717, 1.165) is 0 Å². The van der Waals surface area contributed by atoms with Gasteiger partial charge in [-0.05, 0) is 18.2 Å². The number of halogens is 1. The van der Waals surface area contributed by atoms with E-state index in [2.05, 4.69) is 15.5 Å². The van der Waals surface area contributed by atoms with E-state index in [1.54, 1.807) is 18.3 Å². The maximum atomic E-state index is 11.7. The second-order valence-corrected chi connectivity index (χ2v) is 4.31. The monoisotopic (exact) mass is 304 g/mol. The smallest absolute Gasteiger partial charge is 0.267 e. The molecule has 0 atom stereocenters. The minimum atomic E-state index is -0.540. The number of aromatic nitrogens is 1. The average molecular weight is 305 g/mol. The Morgan fingerprint density at radius 3 is 2.90 bits per heavy atom. The number of nitro groups is 1. The highest BCUT2D eigenvalue weighted by molar-refractivity contribution is 6.33. The van der Waals surface area contributed by atoms with Gasteiger partial charge in [-0.3, -0.25) is 19.9 Å². The summed E-state index contributed by atoms with van der Waals surface area (Å²) in [5.74, 6) is -0.444. The highest BCUT2D eigenvalue weighted by Crippen LogP contribution is 2.20. The largest absolute Gasteiger partial charge is 0.272 e. The number of non-ortho nitro benzene ring substituents is 1. The lowest BCUT2D eigenvalue weighted by Crippen LogP contribution is -2.17. The first-order valence-electron chi connectivity index (χ1n) is 5.75. The third kappa shape index (κ3) is 3.83. The molecule has 0 radical (unpaired) electrons. The normalized spacial score (nSPS) is 10.5. The van der Waals surface area contributed by atoms with Crippen molar-refractivity contribution < 1.29 is 9.72 Å². The van der Waals surface area contributed by atoms with Crippen LogP contribution in [0.2, 0.25) is 5.02 Å². The van der Waals surface area contributed by atoms with Crippen molar-refractivity contribution in [1.29, 1.82) is 0 Å². The van der Waals surface area contributed by atoms with Crippen LogP contribution in [0.25, 0.3) is 0 Å². The molecule has 7 nitrogen and oxygen atoms in total. The molecule has 0 unspecified atom stereocenters. The Kier molecular flexibility index (Phi) is 4.57. The predicted octanol–water partition coefficient (Wildman–Crippen LogP) is 2.41. The summed E-state index contributed by atoms with van der Waals surface area (Å²) in [7, 11) is 0. The van der Waals surface area contributed by atoms with Crippen LogP contribution in [0.15, 0.2) is 47.8 Å². The number of benzene rings is 1. The van der Waals surface area contributed by atoms with Crippen molar-refractivity contribution in [1.82, 2.24) is 10.4 Å². The number of hydrazone groups is 1. The molecule has 1 N–H and O–H groups in total. The molecule has 0 spiro atoms. The molecule has 0 aliphatic rings. The lowest BCUT2D eigenvalue weighted by atomic mass is 10.2. The molecule has 0 aliphatic heterocycles. The van der Waals surface area contributed by atoms with Crippen molar-refractivity contribution in [3.05, 3.63) is 69.0 Å². The van der Waals surface area contributed by atoms with Gasteiger partial charge in [0.05, 0.1) is 16.7 Å². The highest BCUT2D eigenvalue weighted by Gasteiger charge is 2.08. The standard InChI is InChI=1S/C13H9ClN4O3/c14-12-4-3-11(18(20)21)6-10(12)8-16-17-13(19)9-2-1-5-15-7-9/h1-8H,(H,17,19)/b16-8+. The van der Waals surface area contributed by atoms with Crippen LogP contribution >= 0.6 is 11.6 Å². The van der Waals surface area contributed by atoms with E-state index < -0.39 is 10.8 Å². The summed E-state index contributed by atoms with van der Waals surface area (Å²) in [6.45, 7) is 0. The van der Waals surface area contributed by atoms with Gasteiger partial charge in [0.2, 0.25) is 0 Å². The summed E-state index contributed by atoms with van der Waals surface area (Å²) in [5, 5.41) is 14.7. The number of hydrogen-bond acceptors (Lipinski definition) is 5. The number of rotatable bonds is 4. The van der Waals surface area contributed by atoms with Gasteiger partial charge in [-0.2, -0.15) is 5.10 Å². The maximum Gasteiger partial charge on any atom is 0.272 e. The summed E-state index contributed by atoms with van der Waals surface area (Å²) >= 11 is 5.90. The van der Waals surface area contributed by atoms with Gasteiger partial charge in [0.25, 0.3) is 11.6 Å². The van der Waals surface area contributed by atoms with Gasteiger partial charge in [-0.1, -0.05) is 11.6 Å². The summed E-state index contributed by atoms with van der Waals surface area (Å²) in [5.41, 5.74) is 2.85. The number of carbonyl (C=O) groups excluding carboxylic acids is 1. The fourth-order valence-electron chi connectivity index (χ4n) is 1.47. The zero-order chi connectivity index (χ0) is 15.2. The van der Waals surface area contributed by atoms with Gasteiger partial charge in [0, 0.05) is 35.1 Å². The summed E-state index contributed by atoms with van der Waals surface area (Å²) < 4.78 is 0. The Balaban J connectivity index is 2.10. The van der Waals surface area contributed by atoms with Crippen molar-refractivity contribution >= 4 is 29.4 Å². The number of nitrogens with zero attached hydrogens (tertiary/aromatic N) is 3. The molecule has 1 heterocycles. The Bertz CT molecular complexity index is 704. The predicted molar refractivity (Wildman–Crippen MR) is 77.4 cm³/mol. The lowest BCUT2D eigenvalue weighted by Gasteiger charge is -2.00. The number of nitro benzene ring substituents is 1. The lowest BCUT2D eigenvalue weighted by molar-refractivity contribution is -0.384. The van der Waals surface area contributed by atoms with Gasteiger partial charge < -0.3 is 0 Å². The Morgan fingerprint density at radius 2 is 2.24 bits per heavy atom. The van der Waals surface area contributed by atoms with Gasteiger partial charge >= 0.3 is 0 Å². The van der Waals surface area contributed by atoms with Crippen LogP contribution < -0.4 is 5.43 Å². The number of nitrogens with one attached hydrogen (secondary N) is 1. The Morgan fingerprint density at radius 1 is 1.43 bits per heavy atom. The van der Waals surface area contributed by atoms with E-state index in [9.17, 15) is 14.9 Å². The summed E-state index contributed by atoms with van der Waals surface area (Å²) in [6.07, 6.45) is 4.18. The maximum absolute atomic E-state index is 11.7. The molecular weight excluding hydrogens is 296 g/mol. The van der Waals surface area contributed by atoms with Crippen LogP contribution in [0, 0.1) is 10.1 Å². The van der Waals surface area contributed by atoms with Crippen LogP contribution in [0.5, 0.6) is 0 Å². The number of amides is 1. The molecule has 1 aromatic carbocycles. The van der Waals surface area contributed by atoms with Crippen molar-refractivity contribution in [2.24, 2.45) is 5.10 Å². The molecule has 1 amide bonds. The van der Waals surface area contributed by atoms with Gasteiger partial charge in [0.15, 0.2) is 0 Å². The second-order valence-electron chi connectivity index (χ2n) is 3.90. The molecule has 0 saturated heterocycles. The molecule has 2 rings (SSSR count). The topological polar surface area (TPSA) is 97.5 Å². The SMILES string of the molecule is O=C(N/N=C/c1cc([N+](=O)[O-])ccc1Cl)c1cccnc1. The van der Waals surface area contributed by atoms with Crippen molar-refractivity contribution in [3.8, 4) is 0 Å². The van der Waals surface area contributed by atoms with Crippen molar-refractivity contribution in [2.75, 3.05) is 0 Å². The van der Waals surface area contributed by atoms with E-state index in [4.69, 9.17) is 11.6 Å². The molecule has 106 valence electrons. The summed E-state index contributed by atoms with van der Waals surface area (Å²) in [6, 6.07) is 7.15. The molecule has 2 aromatic rings. The molecule has 1 aromatic heterocycles. The van der Waals surface area contributed by atoms with Crippen LogP contribution in [-0.2, 0) is 0 Å². The Hall–Kier alpha value is -2.80. The third-order valence-corrected chi connectivity index (χ3v) is 2.83. The van der Waals surface area contributed by atoms with E-state index in [-0.39, 0.29) is 5.69 Å². The fraction of sp³-hybridized carbons (Fsp3) is 0. The van der Waals surface area contributed by atoms with E-state index in [1.807, 2.05) is 0 Å². The first kappa shape index (κ1) is 14.6. The molecular formula is C13H9ClN4O3. The number of carbonyl (C=O) groups is 1. The average Bonchev–Trinajstić information content (AvgIpc) is 2.49. The van der Waals surface area contributed by atoms with E-state index >= 15 is 0 Å². The van der Waals surface area contributed by atoms with E-state index in [1.165, 1.54) is 30.6 Å². The van der Waals surface area contributed by atoms with Crippen LogP contribution in [0.4, 0.5) is 5.69 Å². The highest BCUT2D eigenvalue weighted by atomic mass is 35.5. The van der Waals surface area contributed by atoms with Gasteiger partial charge in [0.1, 0.15) is 0 Å². The van der Waals surface area contributed by atoms with Gasteiger partial charge in [-0.15, -0.1) is 0 Å². The Labute approximate surface area is 124 Å². The van der Waals surface area contributed by atoms with Crippen LogP contribution in [0.3, 0.4) is 0 Å². The van der Waals surface area contributed by atoms with Gasteiger partial charge in [-0.25, -0.2) is 5.43 Å². The minimum Gasteiger partial charge on any atom is -0.267 e. The molecule has 0 aliphatic carbocycles. The first-order chi connectivity index (χ1) is 10.1. The third-order valence-electron chi connectivity index (χ3n) is 2.48. The minimum absolute atomic E-state index is 0.112. The number of pyridine rings is 1. The zero-order valence-electron chi connectivity index (χ0n) is 10.6. The molecule has 0 saturated carbocycles. The van der Waals surface area contributed by atoms with Crippen LogP contribution in [0.1, 0.15) is 15.9 Å². The molecule has 0 bridgehead atoms. The van der Waals surface area contributed by atoms with Crippen molar-refractivity contribution in [2.45, 2.75) is 0 Å². The molecule has 0 fully saturated rings. The molecule has 8 heteroatoms. The van der Waals surface area contributed by atoms with Crippen molar-refractivity contribution in [3.63, 3.8) is 0 Å². The first-order valence-corrected chi connectivity index (χ1v) is 6.13. The quantitative estimate of drug-likeness (QED) is 0.533. The molecule has 21 heavy (non-hydrogen) atoms. The zero-order valence-corrected chi connectivity index (χ0v) is 11.3. The fourth-order valence-corrected chi connectivity index (χ4v) is 1.63. The second kappa shape index (κ2) is 6.58. The van der Waals surface area contributed by atoms with Crippen LogP contribution in [-0.4, -0.2) is 22.0 Å². The van der Waals surface area contributed by atoms with E-state index in [0.29, 0.717) is 16.1 Å². The summed E-state index contributed by atoms with van der Waals surface area (Å²) in [4.78, 5) is 25.6.